The number of nitrogens with zero attached hydrogens (tertiary/aromatic N) is 3. The third-order valence-electron chi connectivity index (χ3n) is 3.50. The monoisotopic (exact) mass is 299 g/mol. The number of aromatic nitrogens is 2. The minimum Gasteiger partial charge on any atom is -0.393 e. The van der Waals surface area contributed by atoms with Gasteiger partial charge in [0.15, 0.2) is 11.6 Å². The zero-order chi connectivity index (χ0) is 15.9. The maximum atomic E-state index is 6.23. The van der Waals surface area contributed by atoms with Crippen LogP contribution < -0.4 is 16.0 Å². The number of benzene rings is 1. The molecule has 5 heteroatoms. The predicted octanol–water partition coefficient (Wildman–Crippen LogP) is 3.15. The van der Waals surface area contributed by atoms with Crippen molar-refractivity contribution >= 4 is 17.3 Å². The summed E-state index contributed by atoms with van der Waals surface area (Å²) < 4.78 is 0. The minimum absolute atomic E-state index is 0.602. The van der Waals surface area contributed by atoms with E-state index in [0.29, 0.717) is 17.4 Å². The molecule has 0 saturated heterocycles. The van der Waals surface area contributed by atoms with Gasteiger partial charge in [0.05, 0.1) is 0 Å². The van der Waals surface area contributed by atoms with Gasteiger partial charge < -0.3 is 16.0 Å². The SMILES string of the molecule is CC(C)CCNc1ncnc(N(C)Cc2ccccc2)c1N. The number of rotatable bonds is 7. The van der Waals surface area contributed by atoms with Crippen LogP contribution in [-0.2, 0) is 6.54 Å². The van der Waals surface area contributed by atoms with Gasteiger partial charge in [-0.15, -0.1) is 0 Å². The van der Waals surface area contributed by atoms with E-state index >= 15 is 0 Å². The molecule has 2 aromatic rings. The molecule has 0 fully saturated rings. The number of anilines is 3. The summed E-state index contributed by atoms with van der Waals surface area (Å²) in [5.74, 6) is 2.12. The molecule has 3 N–H and O–H groups in total. The lowest BCUT2D eigenvalue weighted by atomic mass is 10.1. The quantitative estimate of drug-likeness (QED) is 0.822. The van der Waals surface area contributed by atoms with Crippen molar-refractivity contribution < 1.29 is 0 Å². The first kappa shape index (κ1) is 16.1. The molecule has 0 aliphatic carbocycles. The van der Waals surface area contributed by atoms with E-state index in [-0.39, 0.29) is 0 Å². The third-order valence-corrected chi connectivity index (χ3v) is 3.50. The zero-order valence-corrected chi connectivity index (χ0v) is 13.6. The van der Waals surface area contributed by atoms with Gasteiger partial charge in [-0.25, -0.2) is 9.97 Å². The standard InChI is InChI=1S/C17H25N5/c1-13(2)9-10-19-16-15(18)17(21-12-20-16)22(3)11-14-7-5-4-6-8-14/h4-8,12-13H,9-11,18H2,1-3H3,(H,19,20,21). The smallest absolute Gasteiger partial charge is 0.157 e. The fraction of sp³-hybridized carbons (Fsp3) is 0.412. The molecule has 0 atom stereocenters. The van der Waals surface area contributed by atoms with E-state index < -0.39 is 0 Å². The third kappa shape index (κ3) is 4.35. The van der Waals surface area contributed by atoms with Crippen molar-refractivity contribution in [1.82, 2.24) is 9.97 Å². The number of nitrogens with one attached hydrogen (secondary N) is 1. The molecule has 0 unspecified atom stereocenters. The summed E-state index contributed by atoms with van der Waals surface area (Å²) >= 11 is 0. The van der Waals surface area contributed by atoms with Crippen LogP contribution in [0.15, 0.2) is 36.7 Å². The summed E-state index contributed by atoms with van der Waals surface area (Å²) in [7, 11) is 1.99. The Morgan fingerprint density at radius 1 is 1.18 bits per heavy atom. The number of hydrogen-bond acceptors (Lipinski definition) is 5. The summed E-state index contributed by atoms with van der Waals surface area (Å²) in [5, 5.41) is 3.30. The Morgan fingerprint density at radius 2 is 1.91 bits per heavy atom. The lowest BCUT2D eigenvalue weighted by molar-refractivity contribution is 0.606. The first-order chi connectivity index (χ1) is 10.6. The molecule has 0 bridgehead atoms. The van der Waals surface area contributed by atoms with Crippen molar-refractivity contribution in [1.29, 1.82) is 0 Å². The molecule has 22 heavy (non-hydrogen) atoms. The summed E-state index contributed by atoms with van der Waals surface area (Å²) in [6.07, 6.45) is 2.64. The second-order valence-corrected chi connectivity index (χ2v) is 5.91. The molecule has 5 nitrogen and oxygen atoms in total. The van der Waals surface area contributed by atoms with Crippen LogP contribution >= 0.6 is 0 Å². The van der Waals surface area contributed by atoms with Crippen molar-refractivity contribution in [3.05, 3.63) is 42.2 Å². The number of nitrogen functional groups attached to an aromatic ring is 1. The van der Waals surface area contributed by atoms with E-state index in [9.17, 15) is 0 Å². The van der Waals surface area contributed by atoms with Crippen LogP contribution in [0.5, 0.6) is 0 Å². The van der Waals surface area contributed by atoms with Gasteiger partial charge >= 0.3 is 0 Å². The normalized spacial score (nSPS) is 10.7. The molecule has 0 spiro atoms. The molecule has 0 saturated carbocycles. The van der Waals surface area contributed by atoms with E-state index in [1.165, 1.54) is 5.56 Å². The lowest BCUT2D eigenvalue weighted by Crippen LogP contribution is -2.20. The van der Waals surface area contributed by atoms with Crippen LogP contribution in [0.25, 0.3) is 0 Å². The van der Waals surface area contributed by atoms with E-state index in [1.807, 2.05) is 30.1 Å². The number of hydrogen-bond donors (Lipinski definition) is 2. The summed E-state index contributed by atoms with van der Waals surface area (Å²) in [5.41, 5.74) is 8.05. The van der Waals surface area contributed by atoms with Crippen molar-refractivity contribution in [2.45, 2.75) is 26.8 Å². The van der Waals surface area contributed by atoms with Crippen LogP contribution in [0.3, 0.4) is 0 Å². The maximum absolute atomic E-state index is 6.23. The van der Waals surface area contributed by atoms with Gasteiger partial charge in [0, 0.05) is 20.1 Å². The van der Waals surface area contributed by atoms with Crippen LogP contribution in [0.4, 0.5) is 17.3 Å². The van der Waals surface area contributed by atoms with Crippen LogP contribution in [0.1, 0.15) is 25.8 Å². The summed E-state index contributed by atoms with van der Waals surface area (Å²) in [6, 6.07) is 10.3. The predicted molar refractivity (Wildman–Crippen MR) is 92.9 cm³/mol. The topological polar surface area (TPSA) is 67.1 Å². The average molecular weight is 299 g/mol. The molecule has 0 radical (unpaired) electrons. The van der Waals surface area contributed by atoms with Gasteiger partial charge in [0.25, 0.3) is 0 Å². The first-order valence-corrected chi connectivity index (χ1v) is 7.67. The minimum atomic E-state index is 0.602. The Kier molecular flexibility index (Phi) is 5.58. The molecular weight excluding hydrogens is 274 g/mol. The van der Waals surface area contributed by atoms with Crippen LogP contribution in [0, 0.1) is 5.92 Å². The highest BCUT2D eigenvalue weighted by molar-refractivity contribution is 5.74. The zero-order valence-electron chi connectivity index (χ0n) is 13.6. The molecule has 0 amide bonds. The Hall–Kier alpha value is -2.30. The first-order valence-electron chi connectivity index (χ1n) is 7.67. The second kappa shape index (κ2) is 7.64. The molecule has 118 valence electrons. The van der Waals surface area contributed by atoms with Crippen LogP contribution in [-0.4, -0.2) is 23.6 Å². The largest absolute Gasteiger partial charge is 0.393 e. The molecule has 1 heterocycles. The van der Waals surface area contributed by atoms with Gasteiger partial charge in [0.1, 0.15) is 12.0 Å². The van der Waals surface area contributed by atoms with Crippen molar-refractivity contribution in [2.24, 2.45) is 5.92 Å². The van der Waals surface area contributed by atoms with E-state index in [0.717, 1.165) is 25.3 Å². The fourth-order valence-electron chi connectivity index (χ4n) is 2.24. The van der Waals surface area contributed by atoms with Gasteiger partial charge in [-0.2, -0.15) is 0 Å². The lowest BCUT2D eigenvalue weighted by Gasteiger charge is -2.21. The molecule has 2 rings (SSSR count). The fourth-order valence-corrected chi connectivity index (χ4v) is 2.24. The summed E-state index contributed by atoms with van der Waals surface area (Å²) in [6.45, 7) is 6.02. The molecule has 0 aliphatic rings. The van der Waals surface area contributed by atoms with Gasteiger partial charge in [0.2, 0.25) is 0 Å². The Balaban J connectivity index is 2.07. The van der Waals surface area contributed by atoms with Gasteiger partial charge in [-0.1, -0.05) is 44.2 Å². The maximum Gasteiger partial charge on any atom is 0.157 e. The molecular formula is C17H25N5. The van der Waals surface area contributed by atoms with E-state index in [2.05, 4.69) is 41.3 Å². The number of nitrogens with two attached hydrogens (primary N) is 1. The highest BCUT2D eigenvalue weighted by Gasteiger charge is 2.12. The van der Waals surface area contributed by atoms with E-state index in [4.69, 9.17) is 5.73 Å². The highest BCUT2D eigenvalue weighted by Crippen LogP contribution is 2.26. The summed E-state index contributed by atoms with van der Waals surface area (Å²) in [4.78, 5) is 10.6. The molecule has 1 aromatic carbocycles. The molecule has 0 aliphatic heterocycles. The van der Waals surface area contributed by atoms with Crippen LogP contribution in [0.2, 0.25) is 0 Å². The van der Waals surface area contributed by atoms with Crippen molar-refractivity contribution in [3.8, 4) is 0 Å². The Bertz CT molecular complexity index is 583. The van der Waals surface area contributed by atoms with E-state index in [1.54, 1.807) is 6.33 Å². The van der Waals surface area contributed by atoms with Crippen molar-refractivity contribution in [3.63, 3.8) is 0 Å². The molecule has 1 aromatic heterocycles. The Labute approximate surface area is 132 Å². The second-order valence-electron chi connectivity index (χ2n) is 5.91. The Morgan fingerprint density at radius 3 is 2.59 bits per heavy atom. The van der Waals surface area contributed by atoms with Crippen molar-refractivity contribution in [2.75, 3.05) is 29.5 Å². The van der Waals surface area contributed by atoms with Gasteiger partial charge in [-0.05, 0) is 17.9 Å². The average Bonchev–Trinajstić information content (AvgIpc) is 2.49. The highest BCUT2D eigenvalue weighted by atomic mass is 15.2. The van der Waals surface area contributed by atoms with Gasteiger partial charge in [-0.3, -0.25) is 0 Å².